The summed E-state index contributed by atoms with van der Waals surface area (Å²) in [5.41, 5.74) is -0.733. The fourth-order valence-electron chi connectivity index (χ4n) is 3.05. The van der Waals surface area contributed by atoms with E-state index in [9.17, 15) is 14.7 Å². The van der Waals surface area contributed by atoms with E-state index >= 15 is 0 Å². The number of piperidine rings is 1. The molecule has 118 valence electrons. The van der Waals surface area contributed by atoms with E-state index in [1.54, 1.807) is 6.92 Å². The van der Waals surface area contributed by atoms with Gasteiger partial charge >= 0.3 is 5.69 Å². The van der Waals surface area contributed by atoms with Crippen LogP contribution in [0.1, 0.15) is 45.1 Å². The minimum atomic E-state index is -0.526. The molecule has 6 heteroatoms. The van der Waals surface area contributed by atoms with Gasteiger partial charge in [-0.25, -0.2) is 4.79 Å². The van der Waals surface area contributed by atoms with Gasteiger partial charge in [-0.15, -0.1) is 0 Å². The van der Waals surface area contributed by atoms with Crippen molar-refractivity contribution in [2.45, 2.75) is 58.5 Å². The molecule has 0 saturated carbocycles. The number of hydrogen-bond acceptors (Lipinski definition) is 4. The third-order valence-corrected chi connectivity index (χ3v) is 4.39. The Kier molecular flexibility index (Phi) is 5.22. The molecule has 1 unspecified atom stereocenters. The van der Waals surface area contributed by atoms with Gasteiger partial charge < -0.3 is 10.0 Å². The molecular weight excluding hydrogens is 270 g/mol. The van der Waals surface area contributed by atoms with Gasteiger partial charge in [0.1, 0.15) is 0 Å². The second-order valence-electron chi connectivity index (χ2n) is 5.80. The summed E-state index contributed by atoms with van der Waals surface area (Å²) >= 11 is 0. The smallest absolute Gasteiger partial charge is 0.331 e. The van der Waals surface area contributed by atoms with Crippen molar-refractivity contribution in [3.63, 3.8) is 0 Å². The lowest BCUT2D eigenvalue weighted by molar-refractivity contribution is 0.156. The minimum Gasteiger partial charge on any atom is -0.494 e. The van der Waals surface area contributed by atoms with Gasteiger partial charge in [0.05, 0.1) is 5.56 Å². The van der Waals surface area contributed by atoms with Crippen molar-refractivity contribution >= 4 is 0 Å². The van der Waals surface area contributed by atoms with Gasteiger partial charge in [-0.3, -0.25) is 14.3 Å². The standard InChI is InChI=1S/C15H25N3O3/c1-3-12-13(19)16-15(21)18(14(12)20)10-6-9-17-8-5-4-7-11(17)2/h11,20H,3-10H2,1-2H3,(H,16,19,21). The molecule has 0 bridgehead atoms. The van der Waals surface area contributed by atoms with Crippen LogP contribution in [-0.4, -0.2) is 38.7 Å². The molecule has 1 aromatic heterocycles. The first-order chi connectivity index (χ1) is 10.0. The number of nitrogens with zero attached hydrogens (tertiary/aromatic N) is 2. The average Bonchev–Trinajstić information content (AvgIpc) is 2.44. The topological polar surface area (TPSA) is 78.3 Å². The highest BCUT2D eigenvalue weighted by atomic mass is 16.3. The fourth-order valence-corrected chi connectivity index (χ4v) is 3.05. The largest absolute Gasteiger partial charge is 0.494 e. The van der Waals surface area contributed by atoms with Crippen LogP contribution in [0.15, 0.2) is 9.59 Å². The molecule has 1 atom stereocenters. The highest BCUT2D eigenvalue weighted by Crippen LogP contribution is 2.17. The van der Waals surface area contributed by atoms with Gasteiger partial charge in [-0.1, -0.05) is 13.3 Å². The van der Waals surface area contributed by atoms with Crippen molar-refractivity contribution in [1.82, 2.24) is 14.5 Å². The van der Waals surface area contributed by atoms with Crippen molar-refractivity contribution in [1.29, 1.82) is 0 Å². The molecule has 0 aliphatic carbocycles. The van der Waals surface area contributed by atoms with Crippen LogP contribution in [0.3, 0.4) is 0 Å². The summed E-state index contributed by atoms with van der Waals surface area (Å²) in [6, 6.07) is 0.589. The summed E-state index contributed by atoms with van der Waals surface area (Å²) in [7, 11) is 0. The maximum atomic E-state index is 11.8. The molecule has 2 N–H and O–H groups in total. The summed E-state index contributed by atoms with van der Waals surface area (Å²) in [5.74, 6) is -0.182. The van der Waals surface area contributed by atoms with Gasteiger partial charge in [0.25, 0.3) is 5.56 Å². The Morgan fingerprint density at radius 2 is 2.05 bits per heavy atom. The Morgan fingerprint density at radius 3 is 2.71 bits per heavy atom. The van der Waals surface area contributed by atoms with E-state index in [-0.39, 0.29) is 11.4 Å². The monoisotopic (exact) mass is 295 g/mol. The van der Waals surface area contributed by atoms with E-state index in [0.29, 0.717) is 19.0 Å². The first-order valence-electron chi connectivity index (χ1n) is 7.83. The van der Waals surface area contributed by atoms with Gasteiger partial charge in [-0.05, 0) is 39.2 Å². The molecule has 6 nitrogen and oxygen atoms in total. The molecule has 21 heavy (non-hydrogen) atoms. The van der Waals surface area contributed by atoms with E-state index in [2.05, 4.69) is 16.8 Å². The number of nitrogens with one attached hydrogen (secondary N) is 1. The number of aromatic nitrogens is 2. The minimum absolute atomic E-state index is 0.182. The van der Waals surface area contributed by atoms with Crippen LogP contribution in [0.2, 0.25) is 0 Å². The Bertz CT molecular complexity index is 591. The van der Waals surface area contributed by atoms with Crippen molar-refractivity contribution < 1.29 is 5.11 Å². The van der Waals surface area contributed by atoms with Gasteiger partial charge in [-0.2, -0.15) is 0 Å². The summed E-state index contributed by atoms with van der Waals surface area (Å²) in [6.07, 6.45) is 4.94. The molecule has 0 aromatic carbocycles. The molecule has 0 amide bonds. The third kappa shape index (κ3) is 3.56. The highest BCUT2D eigenvalue weighted by molar-refractivity contribution is 5.22. The highest BCUT2D eigenvalue weighted by Gasteiger charge is 2.18. The van der Waals surface area contributed by atoms with Crippen molar-refractivity contribution in [2.24, 2.45) is 0 Å². The maximum absolute atomic E-state index is 11.8. The third-order valence-electron chi connectivity index (χ3n) is 4.39. The zero-order valence-electron chi connectivity index (χ0n) is 12.9. The second-order valence-corrected chi connectivity index (χ2v) is 5.80. The van der Waals surface area contributed by atoms with Crippen LogP contribution >= 0.6 is 0 Å². The first-order valence-corrected chi connectivity index (χ1v) is 7.83. The maximum Gasteiger partial charge on any atom is 0.331 e. The number of aromatic hydroxyl groups is 1. The number of H-pyrrole nitrogens is 1. The Morgan fingerprint density at radius 1 is 1.29 bits per heavy atom. The second kappa shape index (κ2) is 6.93. The molecule has 1 aliphatic rings. The molecular formula is C15H25N3O3. The number of aromatic amines is 1. The molecule has 1 aliphatic heterocycles. The molecule has 1 saturated heterocycles. The quantitative estimate of drug-likeness (QED) is 0.851. The zero-order chi connectivity index (χ0) is 15.4. The van der Waals surface area contributed by atoms with Crippen LogP contribution in [0.5, 0.6) is 5.88 Å². The molecule has 2 rings (SSSR count). The normalized spacial score (nSPS) is 19.8. The van der Waals surface area contributed by atoms with Crippen molar-refractivity contribution in [3.05, 3.63) is 26.4 Å². The van der Waals surface area contributed by atoms with Crippen LogP contribution in [0.25, 0.3) is 0 Å². The van der Waals surface area contributed by atoms with Crippen LogP contribution in [-0.2, 0) is 13.0 Å². The Hall–Kier alpha value is -1.56. The predicted octanol–water partition coefficient (Wildman–Crippen LogP) is 1.07. The lowest BCUT2D eigenvalue weighted by Crippen LogP contribution is -2.39. The SMILES string of the molecule is CCc1c(O)n(CCCN2CCCCC2C)c(=O)[nH]c1=O. The molecule has 0 spiro atoms. The fraction of sp³-hybridized carbons (Fsp3) is 0.733. The molecule has 1 aromatic rings. The predicted molar refractivity (Wildman–Crippen MR) is 81.9 cm³/mol. The molecule has 0 radical (unpaired) electrons. The lowest BCUT2D eigenvalue weighted by Gasteiger charge is -2.33. The molecule has 2 heterocycles. The number of rotatable bonds is 5. The Labute approximate surface area is 124 Å². The first kappa shape index (κ1) is 15.8. The van der Waals surface area contributed by atoms with Crippen molar-refractivity contribution in [3.8, 4) is 5.88 Å². The number of likely N-dealkylation sites (tertiary alicyclic amines) is 1. The van der Waals surface area contributed by atoms with E-state index in [0.717, 1.165) is 19.5 Å². The van der Waals surface area contributed by atoms with Gasteiger partial charge in [0, 0.05) is 19.1 Å². The van der Waals surface area contributed by atoms with Crippen LogP contribution in [0.4, 0.5) is 0 Å². The average molecular weight is 295 g/mol. The van der Waals surface area contributed by atoms with Crippen LogP contribution in [0, 0.1) is 0 Å². The summed E-state index contributed by atoms with van der Waals surface area (Å²) < 4.78 is 1.27. The summed E-state index contributed by atoms with van der Waals surface area (Å²) in [5, 5.41) is 10.1. The zero-order valence-corrected chi connectivity index (χ0v) is 12.9. The van der Waals surface area contributed by atoms with Crippen LogP contribution < -0.4 is 11.2 Å². The lowest BCUT2D eigenvalue weighted by atomic mass is 10.0. The van der Waals surface area contributed by atoms with E-state index in [4.69, 9.17) is 0 Å². The summed E-state index contributed by atoms with van der Waals surface area (Å²) in [6.45, 7) is 6.46. The van der Waals surface area contributed by atoms with Gasteiger partial charge in [0.2, 0.25) is 5.88 Å². The number of hydrogen-bond donors (Lipinski definition) is 2. The van der Waals surface area contributed by atoms with E-state index in [1.165, 1.54) is 23.8 Å². The Balaban J connectivity index is 2.03. The van der Waals surface area contributed by atoms with Crippen molar-refractivity contribution in [2.75, 3.05) is 13.1 Å². The summed E-state index contributed by atoms with van der Waals surface area (Å²) in [4.78, 5) is 28.1. The molecule has 1 fully saturated rings. The van der Waals surface area contributed by atoms with Gasteiger partial charge in [0.15, 0.2) is 0 Å². The van der Waals surface area contributed by atoms with E-state index < -0.39 is 11.2 Å². The van der Waals surface area contributed by atoms with E-state index in [1.807, 2.05) is 0 Å².